The van der Waals surface area contributed by atoms with Crippen LogP contribution < -0.4 is 5.73 Å². The molecule has 0 bridgehead atoms. The molecule has 0 spiro atoms. The molecule has 5 nitrogen and oxygen atoms in total. The Hall–Kier alpha value is -0.650. The normalized spacial score (nSPS) is 31.4. The third kappa shape index (κ3) is 2.68. The van der Waals surface area contributed by atoms with E-state index in [-0.39, 0.29) is 23.9 Å². The highest BCUT2D eigenvalue weighted by Crippen LogP contribution is 2.55. The minimum absolute atomic E-state index is 0. The van der Waals surface area contributed by atoms with Gasteiger partial charge in [-0.1, -0.05) is 38.3 Å². The summed E-state index contributed by atoms with van der Waals surface area (Å²) in [4.78, 5) is 4.66. The number of halogens is 1. The van der Waals surface area contributed by atoms with Crippen molar-refractivity contribution < 1.29 is 9.26 Å². The predicted octanol–water partition coefficient (Wildman–Crippen LogP) is 3.53. The molecular formula is C16H28ClN3O2. The summed E-state index contributed by atoms with van der Waals surface area (Å²) in [5.74, 6) is 1.89. The van der Waals surface area contributed by atoms with E-state index < -0.39 is 5.54 Å². The van der Waals surface area contributed by atoms with E-state index in [0.29, 0.717) is 18.4 Å². The molecule has 2 aliphatic rings. The van der Waals surface area contributed by atoms with Gasteiger partial charge < -0.3 is 15.0 Å². The summed E-state index contributed by atoms with van der Waals surface area (Å²) in [5.41, 5.74) is 5.85. The first kappa shape index (κ1) is 17.7. The number of nitrogens with zero attached hydrogens (tertiary/aromatic N) is 2. The summed E-state index contributed by atoms with van der Waals surface area (Å²) < 4.78 is 11.3. The van der Waals surface area contributed by atoms with Crippen LogP contribution in [0.15, 0.2) is 4.52 Å². The van der Waals surface area contributed by atoms with E-state index in [1.807, 2.05) is 6.92 Å². The first-order valence-corrected chi connectivity index (χ1v) is 8.23. The molecule has 2 saturated carbocycles. The third-order valence-electron chi connectivity index (χ3n) is 5.62. The lowest BCUT2D eigenvalue weighted by atomic mass is 9.54. The van der Waals surface area contributed by atoms with Crippen LogP contribution in [-0.4, -0.2) is 22.9 Å². The van der Waals surface area contributed by atoms with Crippen LogP contribution in [0.4, 0.5) is 0 Å². The molecule has 0 aliphatic heterocycles. The van der Waals surface area contributed by atoms with Crippen molar-refractivity contribution in [2.45, 2.75) is 76.9 Å². The van der Waals surface area contributed by atoms with Gasteiger partial charge in [0.15, 0.2) is 5.82 Å². The fourth-order valence-electron chi connectivity index (χ4n) is 3.74. The first-order valence-electron chi connectivity index (χ1n) is 8.23. The number of nitrogens with two attached hydrogens (primary N) is 1. The van der Waals surface area contributed by atoms with Crippen LogP contribution in [0.1, 0.15) is 76.9 Å². The van der Waals surface area contributed by atoms with Crippen LogP contribution >= 0.6 is 12.4 Å². The first-order chi connectivity index (χ1) is 9.99. The molecule has 3 rings (SSSR count). The van der Waals surface area contributed by atoms with Gasteiger partial charge >= 0.3 is 0 Å². The fraction of sp³-hybridized carbons (Fsp3) is 0.875. The Bertz CT molecular complexity index is 499. The highest BCUT2D eigenvalue weighted by atomic mass is 35.5. The molecule has 0 amide bonds. The largest absolute Gasteiger partial charge is 0.378 e. The maximum Gasteiger partial charge on any atom is 0.247 e. The molecule has 22 heavy (non-hydrogen) atoms. The van der Waals surface area contributed by atoms with Gasteiger partial charge in [0, 0.05) is 24.4 Å². The van der Waals surface area contributed by atoms with Crippen molar-refractivity contribution in [3.63, 3.8) is 0 Å². The van der Waals surface area contributed by atoms with Crippen LogP contribution in [-0.2, 0) is 10.3 Å². The second-order valence-corrected chi connectivity index (χ2v) is 7.13. The minimum Gasteiger partial charge on any atom is -0.378 e. The summed E-state index contributed by atoms with van der Waals surface area (Å²) in [6.45, 7) is 6.98. The zero-order valence-electron chi connectivity index (χ0n) is 13.8. The van der Waals surface area contributed by atoms with Crippen molar-refractivity contribution in [3.05, 3.63) is 11.7 Å². The Morgan fingerprint density at radius 1 is 1.27 bits per heavy atom. The van der Waals surface area contributed by atoms with Crippen molar-refractivity contribution in [1.82, 2.24) is 10.1 Å². The molecule has 2 aliphatic carbocycles. The smallest absolute Gasteiger partial charge is 0.247 e. The van der Waals surface area contributed by atoms with Crippen molar-refractivity contribution in [1.29, 1.82) is 0 Å². The topological polar surface area (TPSA) is 74.2 Å². The van der Waals surface area contributed by atoms with Gasteiger partial charge in [0.1, 0.15) is 5.54 Å². The fourth-order valence-corrected chi connectivity index (χ4v) is 3.74. The van der Waals surface area contributed by atoms with Gasteiger partial charge in [0.25, 0.3) is 0 Å². The molecule has 1 heterocycles. The van der Waals surface area contributed by atoms with Gasteiger partial charge in [0.2, 0.25) is 5.89 Å². The quantitative estimate of drug-likeness (QED) is 0.914. The summed E-state index contributed by atoms with van der Waals surface area (Å²) >= 11 is 0. The molecule has 2 unspecified atom stereocenters. The molecule has 1 aromatic heterocycles. The van der Waals surface area contributed by atoms with Gasteiger partial charge in [-0.2, -0.15) is 4.98 Å². The average Bonchev–Trinajstić information content (AvgIpc) is 2.98. The lowest BCUT2D eigenvalue weighted by Gasteiger charge is -2.56. The van der Waals surface area contributed by atoms with E-state index in [2.05, 4.69) is 24.0 Å². The van der Waals surface area contributed by atoms with Crippen LogP contribution in [0.25, 0.3) is 0 Å². The standard InChI is InChI=1S/C16H27N3O2.ClH/c1-4-20-12-10-16(17,15(12,2)3)14-18-13(19-21-14)11-8-6-5-7-9-11;/h11-12H,4-10,17H2,1-3H3;1H. The molecule has 0 saturated heterocycles. The third-order valence-corrected chi connectivity index (χ3v) is 5.62. The lowest BCUT2D eigenvalue weighted by Crippen LogP contribution is -2.67. The van der Waals surface area contributed by atoms with E-state index in [4.69, 9.17) is 15.0 Å². The number of ether oxygens (including phenoxy) is 1. The van der Waals surface area contributed by atoms with E-state index in [9.17, 15) is 0 Å². The molecule has 0 aromatic carbocycles. The lowest BCUT2D eigenvalue weighted by molar-refractivity contribution is -0.162. The second-order valence-electron chi connectivity index (χ2n) is 7.13. The van der Waals surface area contributed by atoms with Gasteiger partial charge in [-0.15, -0.1) is 12.4 Å². The van der Waals surface area contributed by atoms with Gasteiger partial charge in [-0.25, -0.2) is 0 Å². The number of aromatic nitrogens is 2. The van der Waals surface area contributed by atoms with Gasteiger partial charge in [-0.05, 0) is 19.8 Å². The number of rotatable bonds is 4. The predicted molar refractivity (Wildman–Crippen MR) is 87.0 cm³/mol. The van der Waals surface area contributed by atoms with Gasteiger partial charge in [-0.3, -0.25) is 0 Å². The molecule has 6 heteroatoms. The Morgan fingerprint density at radius 2 is 1.95 bits per heavy atom. The van der Waals surface area contributed by atoms with Crippen LogP contribution in [0.5, 0.6) is 0 Å². The van der Waals surface area contributed by atoms with E-state index in [1.165, 1.54) is 32.1 Å². The average molecular weight is 330 g/mol. The number of hydrogen-bond donors (Lipinski definition) is 1. The van der Waals surface area contributed by atoms with Crippen molar-refractivity contribution >= 4 is 12.4 Å². The molecule has 2 N–H and O–H groups in total. The summed E-state index contributed by atoms with van der Waals surface area (Å²) in [6.07, 6.45) is 7.10. The van der Waals surface area contributed by atoms with E-state index >= 15 is 0 Å². The molecule has 126 valence electrons. The molecule has 1 aromatic rings. The molecule has 0 radical (unpaired) electrons. The summed E-state index contributed by atoms with van der Waals surface area (Å²) in [5, 5.41) is 4.22. The highest BCUT2D eigenvalue weighted by Gasteiger charge is 2.62. The Morgan fingerprint density at radius 3 is 2.55 bits per heavy atom. The maximum atomic E-state index is 6.59. The highest BCUT2D eigenvalue weighted by molar-refractivity contribution is 5.85. The van der Waals surface area contributed by atoms with Crippen LogP contribution in [0.2, 0.25) is 0 Å². The Labute approximate surface area is 138 Å². The van der Waals surface area contributed by atoms with Crippen molar-refractivity contribution in [3.8, 4) is 0 Å². The second kappa shape index (κ2) is 6.46. The van der Waals surface area contributed by atoms with E-state index in [0.717, 1.165) is 12.2 Å². The van der Waals surface area contributed by atoms with Crippen LogP contribution in [0.3, 0.4) is 0 Å². The van der Waals surface area contributed by atoms with Crippen molar-refractivity contribution in [2.75, 3.05) is 6.61 Å². The minimum atomic E-state index is -0.563. The summed E-state index contributed by atoms with van der Waals surface area (Å²) in [6, 6.07) is 0. The molecule has 2 atom stereocenters. The zero-order chi connectivity index (χ0) is 15.1. The molecule has 2 fully saturated rings. The summed E-state index contributed by atoms with van der Waals surface area (Å²) in [7, 11) is 0. The van der Waals surface area contributed by atoms with Gasteiger partial charge in [0.05, 0.1) is 6.10 Å². The Balaban J connectivity index is 0.00000176. The maximum absolute atomic E-state index is 6.59. The monoisotopic (exact) mass is 329 g/mol. The SMILES string of the molecule is CCOC1CC(N)(c2nc(C3CCCCC3)no2)C1(C)C.Cl. The van der Waals surface area contributed by atoms with Crippen LogP contribution in [0, 0.1) is 5.41 Å². The zero-order valence-corrected chi connectivity index (χ0v) is 14.6. The molecular weight excluding hydrogens is 302 g/mol. The number of hydrogen-bond acceptors (Lipinski definition) is 5. The van der Waals surface area contributed by atoms with E-state index in [1.54, 1.807) is 0 Å². The van der Waals surface area contributed by atoms with Crippen molar-refractivity contribution in [2.24, 2.45) is 11.1 Å². The Kier molecular flexibility index (Phi) is 5.20.